The van der Waals surface area contributed by atoms with Crippen LogP contribution in [0.1, 0.15) is 68.6 Å². The summed E-state index contributed by atoms with van der Waals surface area (Å²) in [5.74, 6) is 1.20. The SMILES string of the molecule is CCCCNC(=O)Nc1ccc(C(=O)N2CCC[C@H]3CCCC[C@H]32)c(OC)c1. The van der Waals surface area contributed by atoms with Gasteiger partial charge in [-0.2, -0.15) is 0 Å². The summed E-state index contributed by atoms with van der Waals surface area (Å²) < 4.78 is 5.49. The molecular weight excluding hydrogens is 354 g/mol. The molecule has 1 aliphatic heterocycles. The predicted octanol–water partition coefficient (Wildman–Crippen LogP) is 4.41. The third-order valence-corrected chi connectivity index (χ3v) is 6.01. The highest BCUT2D eigenvalue weighted by atomic mass is 16.5. The molecule has 1 saturated carbocycles. The van der Waals surface area contributed by atoms with Gasteiger partial charge in [-0.1, -0.05) is 26.2 Å². The summed E-state index contributed by atoms with van der Waals surface area (Å²) in [6, 6.07) is 5.40. The first kappa shape index (κ1) is 20.5. The summed E-state index contributed by atoms with van der Waals surface area (Å²) in [5, 5.41) is 5.64. The molecule has 154 valence electrons. The van der Waals surface area contributed by atoms with E-state index in [4.69, 9.17) is 4.74 Å². The minimum atomic E-state index is -0.240. The van der Waals surface area contributed by atoms with Gasteiger partial charge in [0.25, 0.3) is 5.91 Å². The van der Waals surface area contributed by atoms with Crippen LogP contribution < -0.4 is 15.4 Å². The lowest BCUT2D eigenvalue weighted by atomic mass is 9.78. The van der Waals surface area contributed by atoms with Gasteiger partial charge in [-0.3, -0.25) is 4.79 Å². The van der Waals surface area contributed by atoms with E-state index in [0.717, 1.165) is 32.2 Å². The number of urea groups is 1. The topological polar surface area (TPSA) is 70.7 Å². The summed E-state index contributed by atoms with van der Waals surface area (Å²) in [6.07, 6.45) is 9.13. The van der Waals surface area contributed by atoms with Crippen molar-refractivity contribution in [3.05, 3.63) is 23.8 Å². The Bertz CT molecular complexity index is 690. The largest absolute Gasteiger partial charge is 0.496 e. The van der Waals surface area contributed by atoms with E-state index in [1.165, 1.54) is 25.7 Å². The van der Waals surface area contributed by atoms with Crippen LogP contribution in [-0.2, 0) is 0 Å². The molecule has 1 heterocycles. The van der Waals surface area contributed by atoms with Gasteiger partial charge in [0.2, 0.25) is 0 Å². The van der Waals surface area contributed by atoms with Crippen molar-refractivity contribution in [1.82, 2.24) is 10.2 Å². The average Bonchev–Trinajstić information content (AvgIpc) is 2.73. The van der Waals surface area contributed by atoms with Gasteiger partial charge in [0, 0.05) is 30.9 Å². The number of benzene rings is 1. The maximum atomic E-state index is 13.3. The highest BCUT2D eigenvalue weighted by molar-refractivity contribution is 5.98. The number of amides is 3. The quantitative estimate of drug-likeness (QED) is 0.710. The molecule has 2 atom stereocenters. The highest BCUT2D eigenvalue weighted by Crippen LogP contribution is 2.37. The number of anilines is 1. The van der Waals surface area contributed by atoms with Crippen molar-refractivity contribution in [2.45, 2.75) is 64.3 Å². The molecule has 2 N–H and O–H groups in total. The second-order valence-corrected chi connectivity index (χ2v) is 7.90. The van der Waals surface area contributed by atoms with Crippen molar-refractivity contribution in [2.75, 3.05) is 25.5 Å². The number of unbranched alkanes of at least 4 members (excludes halogenated alkanes) is 1. The second-order valence-electron chi connectivity index (χ2n) is 7.90. The Morgan fingerprint density at radius 3 is 2.75 bits per heavy atom. The monoisotopic (exact) mass is 387 g/mol. The number of fused-ring (bicyclic) bond motifs is 1. The number of nitrogens with zero attached hydrogens (tertiary/aromatic N) is 1. The van der Waals surface area contributed by atoms with Gasteiger partial charge >= 0.3 is 6.03 Å². The van der Waals surface area contributed by atoms with Gasteiger partial charge in [-0.15, -0.1) is 0 Å². The van der Waals surface area contributed by atoms with Crippen LogP contribution in [-0.4, -0.2) is 43.1 Å². The standard InChI is InChI=1S/C22H33N3O3/c1-3-4-13-23-22(27)24-17-11-12-18(20(15-17)28-2)21(26)25-14-7-9-16-8-5-6-10-19(16)25/h11-12,15-16,19H,3-10,13-14H2,1-2H3,(H2,23,24,27)/t16-,19-/m1/s1. The van der Waals surface area contributed by atoms with E-state index in [9.17, 15) is 9.59 Å². The van der Waals surface area contributed by atoms with Crippen molar-refractivity contribution in [3.8, 4) is 5.75 Å². The van der Waals surface area contributed by atoms with Crippen LogP contribution in [0.3, 0.4) is 0 Å². The molecule has 1 aromatic carbocycles. The number of methoxy groups -OCH3 is 1. The fourth-order valence-electron chi connectivity index (χ4n) is 4.53. The number of hydrogen-bond donors (Lipinski definition) is 2. The zero-order valence-corrected chi connectivity index (χ0v) is 17.1. The molecule has 1 aromatic rings. The third-order valence-electron chi connectivity index (χ3n) is 6.01. The number of carbonyl (C=O) groups is 2. The fraction of sp³-hybridized carbons (Fsp3) is 0.636. The van der Waals surface area contributed by atoms with Crippen LogP contribution in [0.2, 0.25) is 0 Å². The normalized spacial score (nSPS) is 21.6. The molecule has 0 aromatic heterocycles. The van der Waals surface area contributed by atoms with Crippen LogP contribution >= 0.6 is 0 Å². The summed E-state index contributed by atoms with van der Waals surface area (Å²) in [6.45, 7) is 3.55. The van der Waals surface area contributed by atoms with Crippen molar-refractivity contribution in [2.24, 2.45) is 5.92 Å². The Hall–Kier alpha value is -2.24. The van der Waals surface area contributed by atoms with Crippen molar-refractivity contribution in [3.63, 3.8) is 0 Å². The molecule has 6 heteroatoms. The first-order valence-corrected chi connectivity index (χ1v) is 10.7. The van der Waals surface area contributed by atoms with E-state index in [1.807, 2.05) is 0 Å². The Balaban J connectivity index is 1.71. The van der Waals surface area contributed by atoms with Gasteiger partial charge in [0.15, 0.2) is 0 Å². The predicted molar refractivity (Wildman–Crippen MR) is 111 cm³/mol. The van der Waals surface area contributed by atoms with Crippen molar-refractivity contribution < 1.29 is 14.3 Å². The van der Waals surface area contributed by atoms with E-state index in [-0.39, 0.29) is 11.9 Å². The molecule has 0 spiro atoms. The van der Waals surface area contributed by atoms with Crippen LogP contribution in [0.5, 0.6) is 5.75 Å². The lowest BCUT2D eigenvalue weighted by Crippen LogP contribution is -2.49. The van der Waals surface area contributed by atoms with Crippen LogP contribution in [0.25, 0.3) is 0 Å². The van der Waals surface area contributed by atoms with Gasteiger partial charge in [-0.25, -0.2) is 4.79 Å². The van der Waals surface area contributed by atoms with Gasteiger partial charge < -0.3 is 20.3 Å². The number of hydrogen-bond acceptors (Lipinski definition) is 3. The average molecular weight is 388 g/mol. The molecule has 2 aliphatic rings. The fourth-order valence-corrected chi connectivity index (χ4v) is 4.53. The molecule has 3 amide bonds. The molecule has 0 radical (unpaired) electrons. The maximum Gasteiger partial charge on any atom is 0.319 e. The molecule has 1 aliphatic carbocycles. The second kappa shape index (κ2) is 9.80. The van der Waals surface area contributed by atoms with Crippen molar-refractivity contribution >= 4 is 17.6 Å². The Morgan fingerprint density at radius 2 is 1.96 bits per heavy atom. The Morgan fingerprint density at radius 1 is 1.18 bits per heavy atom. The molecule has 0 unspecified atom stereocenters. The highest BCUT2D eigenvalue weighted by Gasteiger charge is 2.36. The first-order valence-electron chi connectivity index (χ1n) is 10.7. The number of likely N-dealkylation sites (tertiary alicyclic amines) is 1. The smallest absolute Gasteiger partial charge is 0.319 e. The van der Waals surface area contributed by atoms with E-state index in [2.05, 4.69) is 22.5 Å². The number of piperidine rings is 1. The summed E-state index contributed by atoms with van der Waals surface area (Å²) in [7, 11) is 1.57. The maximum absolute atomic E-state index is 13.3. The van der Waals surface area contributed by atoms with Gasteiger partial charge in [-0.05, 0) is 50.2 Å². The van der Waals surface area contributed by atoms with Crippen LogP contribution in [0.4, 0.5) is 10.5 Å². The minimum Gasteiger partial charge on any atom is -0.496 e. The Labute approximate surface area is 168 Å². The van der Waals surface area contributed by atoms with Crippen LogP contribution in [0.15, 0.2) is 18.2 Å². The van der Waals surface area contributed by atoms with E-state index in [1.54, 1.807) is 25.3 Å². The Kier molecular flexibility index (Phi) is 7.18. The summed E-state index contributed by atoms with van der Waals surface area (Å²) in [5.41, 5.74) is 1.20. The van der Waals surface area contributed by atoms with E-state index < -0.39 is 0 Å². The first-order chi connectivity index (χ1) is 13.6. The molecule has 6 nitrogen and oxygen atoms in total. The third kappa shape index (κ3) is 4.78. The molecule has 1 saturated heterocycles. The molecule has 0 bridgehead atoms. The minimum absolute atomic E-state index is 0.0485. The lowest BCUT2D eigenvalue weighted by molar-refractivity contribution is 0.0388. The van der Waals surface area contributed by atoms with Crippen molar-refractivity contribution in [1.29, 1.82) is 0 Å². The van der Waals surface area contributed by atoms with Gasteiger partial charge in [0.05, 0.1) is 12.7 Å². The number of carbonyl (C=O) groups excluding carboxylic acids is 2. The zero-order valence-electron chi connectivity index (χ0n) is 17.1. The van der Waals surface area contributed by atoms with Crippen LogP contribution in [0, 0.1) is 5.92 Å². The number of ether oxygens (including phenoxy) is 1. The molecule has 2 fully saturated rings. The van der Waals surface area contributed by atoms with Gasteiger partial charge in [0.1, 0.15) is 5.75 Å². The molecule has 3 rings (SSSR count). The molecule has 28 heavy (non-hydrogen) atoms. The summed E-state index contributed by atoms with van der Waals surface area (Å²) >= 11 is 0. The molecular formula is C22H33N3O3. The van der Waals surface area contributed by atoms with E-state index >= 15 is 0 Å². The van der Waals surface area contributed by atoms with E-state index in [0.29, 0.717) is 35.5 Å². The zero-order chi connectivity index (χ0) is 19.9. The summed E-state index contributed by atoms with van der Waals surface area (Å²) in [4.78, 5) is 27.3. The number of nitrogens with one attached hydrogen (secondary N) is 2. The lowest BCUT2D eigenvalue weighted by Gasteiger charge is -2.44. The number of rotatable bonds is 6.